The SMILES string of the molecule is NCCCN(CCC1CCCO1)c1cccc(F)c1. The first-order chi connectivity index (χ1) is 9.29. The average molecular weight is 266 g/mol. The second-order valence-electron chi connectivity index (χ2n) is 5.03. The maximum atomic E-state index is 13.3. The summed E-state index contributed by atoms with van der Waals surface area (Å²) in [6.07, 6.45) is 4.60. The van der Waals surface area contributed by atoms with Crippen molar-refractivity contribution in [3.63, 3.8) is 0 Å². The van der Waals surface area contributed by atoms with E-state index in [1.165, 1.54) is 6.07 Å². The molecule has 1 aliphatic rings. The standard InChI is InChI=1S/C15H23FN2O/c16-13-4-1-5-14(12-13)18(9-3-8-17)10-7-15-6-2-11-19-15/h1,4-5,12,15H,2-3,6-11,17H2. The van der Waals surface area contributed by atoms with E-state index in [1.54, 1.807) is 12.1 Å². The van der Waals surface area contributed by atoms with Gasteiger partial charge in [-0.1, -0.05) is 6.07 Å². The molecule has 0 bridgehead atoms. The molecule has 1 aliphatic heterocycles. The Bertz CT molecular complexity index is 380. The van der Waals surface area contributed by atoms with Gasteiger partial charge < -0.3 is 15.4 Å². The molecule has 2 rings (SSSR count). The lowest BCUT2D eigenvalue weighted by Crippen LogP contribution is -2.29. The molecule has 0 radical (unpaired) electrons. The predicted octanol–water partition coefficient (Wildman–Crippen LogP) is 2.55. The van der Waals surface area contributed by atoms with Gasteiger partial charge in [-0.25, -0.2) is 4.39 Å². The minimum atomic E-state index is -0.188. The average Bonchev–Trinajstić information content (AvgIpc) is 2.92. The van der Waals surface area contributed by atoms with Gasteiger partial charge in [-0.15, -0.1) is 0 Å². The number of nitrogens with two attached hydrogens (primary N) is 1. The van der Waals surface area contributed by atoms with Crippen LogP contribution in [0.1, 0.15) is 25.7 Å². The number of hydrogen-bond acceptors (Lipinski definition) is 3. The third-order valence-corrected chi connectivity index (χ3v) is 3.55. The number of rotatable bonds is 7. The first-order valence-corrected chi connectivity index (χ1v) is 7.12. The molecular weight excluding hydrogens is 243 g/mol. The summed E-state index contributed by atoms with van der Waals surface area (Å²) in [5.41, 5.74) is 6.51. The highest BCUT2D eigenvalue weighted by atomic mass is 19.1. The molecule has 1 heterocycles. The van der Waals surface area contributed by atoms with Gasteiger partial charge >= 0.3 is 0 Å². The van der Waals surface area contributed by atoms with Crippen molar-refractivity contribution in [1.82, 2.24) is 0 Å². The lowest BCUT2D eigenvalue weighted by Gasteiger charge is -2.26. The van der Waals surface area contributed by atoms with Crippen LogP contribution in [0.2, 0.25) is 0 Å². The minimum Gasteiger partial charge on any atom is -0.378 e. The quantitative estimate of drug-likeness (QED) is 0.824. The molecule has 0 spiro atoms. The Balaban J connectivity index is 1.94. The molecule has 1 fully saturated rings. The number of ether oxygens (including phenoxy) is 1. The first-order valence-electron chi connectivity index (χ1n) is 7.12. The molecule has 2 N–H and O–H groups in total. The van der Waals surface area contributed by atoms with Crippen LogP contribution in [0.25, 0.3) is 0 Å². The molecule has 0 amide bonds. The lowest BCUT2D eigenvalue weighted by molar-refractivity contribution is 0.105. The van der Waals surface area contributed by atoms with Crippen LogP contribution in [0, 0.1) is 5.82 Å². The molecule has 19 heavy (non-hydrogen) atoms. The summed E-state index contributed by atoms with van der Waals surface area (Å²) in [5.74, 6) is -0.188. The van der Waals surface area contributed by atoms with Crippen LogP contribution in [0.15, 0.2) is 24.3 Å². The van der Waals surface area contributed by atoms with E-state index < -0.39 is 0 Å². The molecule has 4 heteroatoms. The van der Waals surface area contributed by atoms with E-state index >= 15 is 0 Å². The van der Waals surface area contributed by atoms with Crippen LogP contribution in [0.3, 0.4) is 0 Å². The van der Waals surface area contributed by atoms with Crippen LogP contribution < -0.4 is 10.6 Å². The van der Waals surface area contributed by atoms with E-state index in [0.717, 1.165) is 51.1 Å². The van der Waals surface area contributed by atoms with Gasteiger partial charge in [0.2, 0.25) is 0 Å². The third-order valence-electron chi connectivity index (χ3n) is 3.55. The lowest BCUT2D eigenvalue weighted by atomic mass is 10.1. The Morgan fingerprint density at radius 3 is 2.95 bits per heavy atom. The van der Waals surface area contributed by atoms with Crippen molar-refractivity contribution in [3.05, 3.63) is 30.1 Å². The van der Waals surface area contributed by atoms with E-state index in [0.29, 0.717) is 12.6 Å². The topological polar surface area (TPSA) is 38.5 Å². The van der Waals surface area contributed by atoms with Gasteiger partial charge in [-0.3, -0.25) is 0 Å². The van der Waals surface area contributed by atoms with Crippen molar-refractivity contribution >= 4 is 5.69 Å². The summed E-state index contributed by atoms with van der Waals surface area (Å²) in [5, 5.41) is 0. The fourth-order valence-electron chi connectivity index (χ4n) is 2.50. The van der Waals surface area contributed by atoms with E-state index in [2.05, 4.69) is 4.90 Å². The van der Waals surface area contributed by atoms with Crippen LogP contribution in [-0.2, 0) is 4.74 Å². The van der Waals surface area contributed by atoms with Crippen LogP contribution in [-0.4, -0.2) is 32.3 Å². The highest BCUT2D eigenvalue weighted by Gasteiger charge is 2.17. The summed E-state index contributed by atoms with van der Waals surface area (Å²) in [6, 6.07) is 6.78. The van der Waals surface area contributed by atoms with Gasteiger partial charge in [-0.2, -0.15) is 0 Å². The van der Waals surface area contributed by atoms with Gasteiger partial charge in [0.1, 0.15) is 5.82 Å². The Labute approximate surface area is 114 Å². The molecule has 106 valence electrons. The van der Waals surface area contributed by atoms with Crippen LogP contribution in [0.4, 0.5) is 10.1 Å². The van der Waals surface area contributed by atoms with Crippen molar-refractivity contribution < 1.29 is 9.13 Å². The van der Waals surface area contributed by atoms with E-state index in [9.17, 15) is 4.39 Å². The number of anilines is 1. The van der Waals surface area contributed by atoms with Gasteiger partial charge in [0.25, 0.3) is 0 Å². The second kappa shape index (κ2) is 7.46. The van der Waals surface area contributed by atoms with Crippen molar-refractivity contribution in [2.24, 2.45) is 5.73 Å². The molecule has 1 aromatic rings. The predicted molar refractivity (Wildman–Crippen MR) is 75.9 cm³/mol. The highest BCUT2D eigenvalue weighted by molar-refractivity contribution is 5.46. The smallest absolute Gasteiger partial charge is 0.125 e. The fraction of sp³-hybridized carbons (Fsp3) is 0.600. The Kier molecular flexibility index (Phi) is 5.61. The molecule has 1 saturated heterocycles. The first kappa shape index (κ1) is 14.3. The molecule has 1 atom stereocenters. The largest absolute Gasteiger partial charge is 0.378 e. The number of hydrogen-bond donors (Lipinski definition) is 1. The zero-order valence-corrected chi connectivity index (χ0v) is 11.4. The fourth-order valence-corrected chi connectivity index (χ4v) is 2.50. The monoisotopic (exact) mass is 266 g/mol. The molecule has 1 aromatic carbocycles. The molecule has 0 aliphatic carbocycles. The minimum absolute atomic E-state index is 0.188. The summed E-state index contributed by atoms with van der Waals surface area (Å²) in [6.45, 7) is 3.31. The summed E-state index contributed by atoms with van der Waals surface area (Å²) in [4.78, 5) is 2.21. The Morgan fingerprint density at radius 1 is 1.37 bits per heavy atom. The van der Waals surface area contributed by atoms with Crippen LogP contribution >= 0.6 is 0 Å². The maximum Gasteiger partial charge on any atom is 0.125 e. The summed E-state index contributed by atoms with van der Waals surface area (Å²) in [7, 11) is 0. The zero-order valence-electron chi connectivity index (χ0n) is 11.4. The Hall–Kier alpha value is -1.13. The Morgan fingerprint density at radius 2 is 2.26 bits per heavy atom. The molecule has 0 aromatic heterocycles. The number of halogens is 1. The van der Waals surface area contributed by atoms with E-state index in [1.807, 2.05) is 6.07 Å². The second-order valence-corrected chi connectivity index (χ2v) is 5.03. The van der Waals surface area contributed by atoms with Gasteiger partial charge in [0.05, 0.1) is 6.10 Å². The third kappa shape index (κ3) is 4.48. The molecule has 3 nitrogen and oxygen atoms in total. The van der Waals surface area contributed by atoms with E-state index in [-0.39, 0.29) is 5.82 Å². The van der Waals surface area contributed by atoms with Gasteiger partial charge in [-0.05, 0) is 50.4 Å². The van der Waals surface area contributed by atoms with Crippen LogP contribution in [0.5, 0.6) is 0 Å². The maximum absolute atomic E-state index is 13.3. The van der Waals surface area contributed by atoms with Gasteiger partial charge in [0, 0.05) is 25.4 Å². The molecule has 0 saturated carbocycles. The van der Waals surface area contributed by atoms with Crippen molar-refractivity contribution in [2.45, 2.75) is 31.8 Å². The summed E-state index contributed by atoms with van der Waals surface area (Å²) < 4.78 is 19.0. The highest BCUT2D eigenvalue weighted by Crippen LogP contribution is 2.20. The van der Waals surface area contributed by atoms with Crippen molar-refractivity contribution in [2.75, 3.05) is 31.1 Å². The van der Waals surface area contributed by atoms with Crippen molar-refractivity contribution in [1.29, 1.82) is 0 Å². The normalized spacial score (nSPS) is 18.7. The zero-order chi connectivity index (χ0) is 13.5. The molecular formula is C15H23FN2O. The summed E-state index contributed by atoms with van der Waals surface area (Å²) >= 11 is 0. The number of nitrogens with zero attached hydrogens (tertiary/aromatic N) is 1. The van der Waals surface area contributed by atoms with Gasteiger partial charge in [0.15, 0.2) is 0 Å². The molecule has 1 unspecified atom stereocenters. The van der Waals surface area contributed by atoms with E-state index in [4.69, 9.17) is 10.5 Å². The number of benzene rings is 1. The van der Waals surface area contributed by atoms with Crippen molar-refractivity contribution in [3.8, 4) is 0 Å².